The third kappa shape index (κ3) is 2.82. The van der Waals surface area contributed by atoms with Crippen LogP contribution in [0.1, 0.15) is 25.8 Å². The Kier molecular flexibility index (Phi) is 4.28. The van der Waals surface area contributed by atoms with Crippen molar-refractivity contribution in [3.63, 3.8) is 0 Å². The summed E-state index contributed by atoms with van der Waals surface area (Å²) >= 11 is 0. The number of hydrogen-bond donors (Lipinski definition) is 1. The van der Waals surface area contributed by atoms with E-state index in [1.165, 1.54) is 6.42 Å². The number of hydrogen-bond acceptors (Lipinski definition) is 4. The second kappa shape index (κ2) is 5.94. The van der Waals surface area contributed by atoms with Gasteiger partial charge in [0.1, 0.15) is 6.07 Å². The van der Waals surface area contributed by atoms with Crippen LogP contribution in [0.15, 0.2) is 18.2 Å². The summed E-state index contributed by atoms with van der Waals surface area (Å²) in [6, 6.07) is 8.47. The summed E-state index contributed by atoms with van der Waals surface area (Å²) in [6.45, 7) is 8.74. The van der Waals surface area contributed by atoms with E-state index < -0.39 is 0 Å². The Hall–Kier alpha value is -1.73. The van der Waals surface area contributed by atoms with E-state index in [0.29, 0.717) is 17.3 Å². The normalized spacial score (nSPS) is 18.8. The van der Waals surface area contributed by atoms with Gasteiger partial charge in [0.15, 0.2) is 0 Å². The van der Waals surface area contributed by atoms with E-state index in [1.54, 1.807) is 0 Å². The number of rotatable bonds is 4. The lowest BCUT2D eigenvalue weighted by molar-refractivity contribution is 0.232. The SMILES string of the molecule is CCN(CC)C1CCN(c2ccc(C#N)c(N)c2)C1. The Bertz CT molecular complexity index is 474. The third-order valence-electron chi connectivity index (χ3n) is 4.01. The Morgan fingerprint density at radius 3 is 2.74 bits per heavy atom. The fraction of sp³-hybridized carbons (Fsp3) is 0.533. The molecule has 1 aliphatic heterocycles. The number of benzene rings is 1. The first-order valence-corrected chi connectivity index (χ1v) is 6.98. The molecule has 2 rings (SSSR count). The van der Waals surface area contributed by atoms with Crippen molar-refractivity contribution >= 4 is 11.4 Å². The Labute approximate surface area is 115 Å². The van der Waals surface area contributed by atoms with Crippen LogP contribution in [0.5, 0.6) is 0 Å². The molecule has 0 radical (unpaired) electrons. The van der Waals surface area contributed by atoms with Crippen LogP contribution in [0.4, 0.5) is 11.4 Å². The second-order valence-electron chi connectivity index (χ2n) is 4.99. The minimum atomic E-state index is 0.559. The molecule has 4 nitrogen and oxygen atoms in total. The predicted octanol–water partition coefficient (Wildman–Crippen LogP) is 2.06. The molecule has 2 N–H and O–H groups in total. The maximum absolute atomic E-state index is 8.90. The van der Waals surface area contributed by atoms with Gasteiger partial charge in [-0.15, -0.1) is 0 Å². The van der Waals surface area contributed by atoms with Gasteiger partial charge in [0.25, 0.3) is 0 Å². The maximum atomic E-state index is 8.90. The van der Waals surface area contributed by atoms with Gasteiger partial charge in [-0.25, -0.2) is 0 Å². The van der Waals surface area contributed by atoms with E-state index in [0.717, 1.165) is 31.9 Å². The Morgan fingerprint density at radius 2 is 2.16 bits per heavy atom. The molecule has 1 fully saturated rings. The van der Waals surface area contributed by atoms with Crippen molar-refractivity contribution in [3.8, 4) is 6.07 Å². The van der Waals surface area contributed by atoms with Crippen molar-refractivity contribution in [2.75, 3.05) is 36.8 Å². The van der Waals surface area contributed by atoms with Gasteiger partial charge in [0.2, 0.25) is 0 Å². The first-order chi connectivity index (χ1) is 9.19. The van der Waals surface area contributed by atoms with E-state index in [9.17, 15) is 0 Å². The number of likely N-dealkylation sites (N-methyl/N-ethyl adjacent to an activating group) is 1. The summed E-state index contributed by atoms with van der Waals surface area (Å²) in [5.74, 6) is 0. The van der Waals surface area contributed by atoms with Crippen LogP contribution in [-0.2, 0) is 0 Å². The van der Waals surface area contributed by atoms with Gasteiger partial charge in [-0.2, -0.15) is 5.26 Å². The lowest BCUT2D eigenvalue weighted by atomic mass is 10.1. The summed E-state index contributed by atoms with van der Waals surface area (Å²) < 4.78 is 0. The molecule has 0 spiro atoms. The zero-order valence-corrected chi connectivity index (χ0v) is 11.8. The fourth-order valence-electron chi connectivity index (χ4n) is 2.86. The Balaban J connectivity index is 2.09. The van der Waals surface area contributed by atoms with Gasteiger partial charge < -0.3 is 10.6 Å². The van der Waals surface area contributed by atoms with Crippen LogP contribution < -0.4 is 10.6 Å². The smallest absolute Gasteiger partial charge is 0.101 e. The number of nitrogen functional groups attached to an aromatic ring is 1. The summed E-state index contributed by atoms with van der Waals surface area (Å²) in [6.07, 6.45) is 1.20. The molecule has 1 unspecified atom stereocenters. The summed E-state index contributed by atoms with van der Waals surface area (Å²) in [5.41, 5.74) is 8.15. The fourth-order valence-corrected chi connectivity index (χ4v) is 2.86. The van der Waals surface area contributed by atoms with E-state index in [-0.39, 0.29) is 0 Å². The van der Waals surface area contributed by atoms with Crippen molar-refractivity contribution in [3.05, 3.63) is 23.8 Å². The number of nitriles is 1. The molecular weight excluding hydrogens is 236 g/mol. The maximum Gasteiger partial charge on any atom is 0.101 e. The molecule has 0 bridgehead atoms. The molecule has 1 aliphatic rings. The largest absolute Gasteiger partial charge is 0.398 e. The zero-order chi connectivity index (χ0) is 13.8. The van der Waals surface area contributed by atoms with Gasteiger partial charge in [-0.1, -0.05) is 13.8 Å². The molecule has 0 aromatic heterocycles. The zero-order valence-electron chi connectivity index (χ0n) is 11.8. The van der Waals surface area contributed by atoms with Crippen LogP contribution in [0.25, 0.3) is 0 Å². The number of nitrogens with two attached hydrogens (primary N) is 1. The topological polar surface area (TPSA) is 56.3 Å². The number of nitrogens with zero attached hydrogens (tertiary/aromatic N) is 3. The lowest BCUT2D eigenvalue weighted by Crippen LogP contribution is -2.37. The molecule has 0 aliphatic carbocycles. The molecule has 102 valence electrons. The predicted molar refractivity (Wildman–Crippen MR) is 79.1 cm³/mol. The average molecular weight is 258 g/mol. The molecule has 0 saturated carbocycles. The highest BCUT2D eigenvalue weighted by Gasteiger charge is 2.26. The summed E-state index contributed by atoms with van der Waals surface area (Å²) in [5, 5.41) is 8.90. The van der Waals surface area contributed by atoms with E-state index >= 15 is 0 Å². The van der Waals surface area contributed by atoms with Crippen molar-refractivity contribution in [1.29, 1.82) is 5.26 Å². The monoisotopic (exact) mass is 258 g/mol. The molecule has 19 heavy (non-hydrogen) atoms. The Morgan fingerprint density at radius 1 is 1.42 bits per heavy atom. The van der Waals surface area contributed by atoms with E-state index in [2.05, 4.69) is 29.7 Å². The van der Waals surface area contributed by atoms with Crippen LogP contribution in [0.3, 0.4) is 0 Å². The van der Waals surface area contributed by atoms with Gasteiger partial charge in [0, 0.05) is 24.8 Å². The van der Waals surface area contributed by atoms with E-state index in [1.807, 2.05) is 18.2 Å². The highest BCUT2D eigenvalue weighted by Crippen LogP contribution is 2.26. The van der Waals surface area contributed by atoms with Gasteiger partial charge in [0.05, 0.1) is 11.3 Å². The summed E-state index contributed by atoms with van der Waals surface area (Å²) in [4.78, 5) is 4.87. The first kappa shape index (κ1) is 13.7. The molecule has 1 aromatic carbocycles. The molecular formula is C15H22N4. The van der Waals surface area contributed by atoms with Crippen molar-refractivity contribution in [1.82, 2.24) is 4.90 Å². The second-order valence-corrected chi connectivity index (χ2v) is 4.99. The first-order valence-electron chi connectivity index (χ1n) is 6.98. The lowest BCUT2D eigenvalue weighted by Gasteiger charge is -2.26. The highest BCUT2D eigenvalue weighted by atomic mass is 15.2. The minimum absolute atomic E-state index is 0.559. The standard InChI is InChI=1S/C15H22N4/c1-3-18(4-2)14-7-8-19(11-14)13-6-5-12(10-16)15(17)9-13/h5-6,9,14H,3-4,7-8,11,17H2,1-2H3. The van der Waals surface area contributed by atoms with E-state index in [4.69, 9.17) is 11.0 Å². The van der Waals surface area contributed by atoms with Crippen LogP contribution in [-0.4, -0.2) is 37.1 Å². The average Bonchev–Trinajstić information content (AvgIpc) is 2.90. The van der Waals surface area contributed by atoms with Crippen molar-refractivity contribution < 1.29 is 0 Å². The van der Waals surface area contributed by atoms with Crippen LogP contribution >= 0.6 is 0 Å². The molecule has 1 atom stereocenters. The number of anilines is 2. The van der Waals surface area contributed by atoms with Crippen molar-refractivity contribution in [2.45, 2.75) is 26.3 Å². The minimum Gasteiger partial charge on any atom is -0.398 e. The molecule has 0 amide bonds. The molecule has 1 saturated heterocycles. The van der Waals surface area contributed by atoms with Gasteiger partial charge in [-0.05, 0) is 37.7 Å². The third-order valence-corrected chi connectivity index (χ3v) is 4.01. The molecule has 1 heterocycles. The highest BCUT2D eigenvalue weighted by molar-refractivity contribution is 5.64. The molecule has 4 heteroatoms. The summed E-state index contributed by atoms with van der Waals surface area (Å²) in [7, 11) is 0. The van der Waals surface area contributed by atoms with Gasteiger partial charge >= 0.3 is 0 Å². The van der Waals surface area contributed by atoms with Gasteiger partial charge in [-0.3, -0.25) is 4.90 Å². The van der Waals surface area contributed by atoms with Crippen LogP contribution in [0.2, 0.25) is 0 Å². The van der Waals surface area contributed by atoms with Crippen molar-refractivity contribution in [2.24, 2.45) is 0 Å². The van der Waals surface area contributed by atoms with Crippen LogP contribution in [0, 0.1) is 11.3 Å². The quantitative estimate of drug-likeness (QED) is 0.840. The molecule has 1 aromatic rings.